The van der Waals surface area contributed by atoms with Crippen molar-refractivity contribution in [3.05, 3.63) is 58.9 Å². The summed E-state index contributed by atoms with van der Waals surface area (Å²) in [5.74, 6) is -1.53. The first kappa shape index (κ1) is 15.8. The second-order valence-electron chi connectivity index (χ2n) is 4.01. The monoisotopic (exact) mass is 347 g/mol. The van der Waals surface area contributed by atoms with Crippen molar-refractivity contribution in [3.8, 4) is 0 Å². The first-order valence-electron chi connectivity index (χ1n) is 5.59. The van der Waals surface area contributed by atoms with Crippen molar-refractivity contribution < 1.29 is 17.6 Å². The SMILES string of the molecule is O=C(Nc1ccc(S(=O)(=O)Cl)cc1F)c1ccccc1Cl. The molecule has 0 heterocycles. The lowest BCUT2D eigenvalue weighted by Gasteiger charge is -2.08. The number of hydrogen-bond donors (Lipinski definition) is 1. The second-order valence-corrected chi connectivity index (χ2v) is 6.99. The van der Waals surface area contributed by atoms with Crippen LogP contribution in [0.15, 0.2) is 47.4 Å². The molecule has 2 aromatic rings. The summed E-state index contributed by atoms with van der Waals surface area (Å²) in [6.45, 7) is 0. The summed E-state index contributed by atoms with van der Waals surface area (Å²) < 4.78 is 35.9. The summed E-state index contributed by atoms with van der Waals surface area (Å²) in [4.78, 5) is 11.6. The molecule has 0 aliphatic carbocycles. The summed E-state index contributed by atoms with van der Waals surface area (Å²) in [7, 11) is 1.08. The number of carbonyl (C=O) groups excluding carboxylic acids is 1. The molecular weight excluding hydrogens is 340 g/mol. The minimum Gasteiger partial charge on any atom is -0.319 e. The van der Waals surface area contributed by atoms with Crippen LogP contribution in [0.25, 0.3) is 0 Å². The summed E-state index contributed by atoms with van der Waals surface area (Å²) in [5.41, 5.74) is -0.00315. The topological polar surface area (TPSA) is 63.2 Å². The summed E-state index contributed by atoms with van der Waals surface area (Å²) in [6.07, 6.45) is 0. The maximum absolute atomic E-state index is 13.8. The molecule has 1 amide bonds. The largest absolute Gasteiger partial charge is 0.319 e. The van der Waals surface area contributed by atoms with Crippen LogP contribution in [0.5, 0.6) is 0 Å². The Morgan fingerprint density at radius 3 is 2.38 bits per heavy atom. The zero-order valence-corrected chi connectivity index (χ0v) is 12.6. The van der Waals surface area contributed by atoms with E-state index < -0.39 is 25.7 Å². The average Bonchev–Trinajstić information content (AvgIpc) is 2.40. The number of nitrogens with one attached hydrogen (secondary N) is 1. The van der Waals surface area contributed by atoms with Crippen LogP contribution in [0.3, 0.4) is 0 Å². The van der Waals surface area contributed by atoms with Gasteiger partial charge in [-0.2, -0.15) is 0 Å². The zero-order chi connectivity index (χ0) is 15.6. The van der Waals surface area contributed by atoms with Gasteiger partial charge in [-0.15, -0.1) is 0 Å². The average molecular weight is 348 g/mol. The fraction of sp³-hybridized carbons (Fsp3) is 0. The minimum absolute atomic E-state index is 0.174. The van der Waals surface area contributed by atoms with Crippen LogP contribution in [-0.2, 0) is 9.05 Å². The molecule has 0 unspecified atom stereocenters. The van der Waals surface area contributed by atoms with Crippen LogP contribution in [0.2, 0.25) is 5.02 Å². The van der Waals surface area contributed by atoms with E-state index >= 15 is 0 Å². The Labute approximate surface area is 129 Å². The normalized spacial score (nSPS) is 11.2. The third-order valence-corrected chi connectivity index (χ3v) is 4.27. The van der Waals surface area contributed by atoms with Gasteiger partial charge in [0.2, 0.25) is 0 Å². The van der Waals surface area contributed by atoms with Crippen molar-refractivity contribution >= 4 is 42.9 Å². The molecule has 4 nitrogen and oxygen atoms in total. The van der Waals surface area contributed by atoms with Gasteiger partial charge in [0.15, 0.2) is 0 Å². The van der Waals surface area contributed by atoms with E-state index in [9.17, 15) is 17.6 Å². The molecule has 0 aliphatic rings. The number of amides is 1. The number of carbonyl (C=O) groups is 1. The van der Waals surface area contributed by atoms with E-state index in [1.54, 1.807) is 12.1 Å². The fourth-order valence-electron chi connectivity index (χ4n) is 1.58. The van der Waals surface area contributed by atoms with E-state index in [4.69, 9.17) is 22.3 Å². The first-order valence-corrected chi connectivity index (χ1v) is 8.28. The lowest BCUT2D eigenvalue weighted by molar-refractivity contribution is 0.102. The molecule has 2 aromatic carbocycles. The molecule has 0 spiro atoms. The smallest absolute Gasteiger partial charge is 0.261 e. The number of benzene rings is 2. The highest BCUT2D eigenvalue weighted by molar-refractivity contribution is 8.13. The zero-order valence-electron chi connectivity index (χ0n) is 10.3. The molecule has 1 N–H and O–H groups in total. The maximum atomic E-state index is 13.8. The van der Waals surface area contributed by atoms with Crippen LogP contribution in [0, 0.1) is 5.82 Å². The molecule has 2 rings (SSSR count). The Bertz CT molecular complexity index is 809. The van der Waals surface area contributed by atoms with Gasteiger partial charge in [0.05, 0.1) is 21.2 Å². The molecule has 0 saturated heterocycles. The molecule has 0 saturated carbocycles. The Balaban J connectivity index is 2.29. The van der Waals surface area contributed by atoms with Crippen LogP contribution >= 0.6 is 22.3 Å². The molecule has 0 atom stereocenters. The van der Waals surface area contributed by atoms with Gasteiger partial charge in [0.25, 0.3) is 15.0 Å². The van der Waals surface area contributed by atoms with Gasteiger partial charge in [0, 0.05) is 10.7 Å². The van der Waals surface area contributed by atoms with Crippen LogP contribution < -0.4 is 5.32 Å². The number of anilines is 1. The van der Waals surface area contributed by atoms with Crippen LogP contribution in [0.1, 0.15) is 10.4 Å². The van der Waals surface area contributed by atoms with E-state index in [2.05, 4.69) is 5.32 Å². The van der Waals surface area contributed by atoms with Gasteiger partial charge in [0.1, 0.15) is 5.82 Å². The van der Waals surface area contributed by atoms with Gasteiger partial charge < -0.3 is 5.32 Å². The Kier molecular flexibility index (Phi) is 4.51. The van der Waals surface area contributed by atoms with Crippen LogP contribution in [0.4, 0.5) is 10.1 Å². The van der Waals surface area contributed by atoms with Crippen molar-refractivity contribution in [2.75, 3.05) is 5.32 Å². The van der Waals surface area contributed by atoms with Gasteiger partial charge >= 0.3 is 0 Å². The summed E-state index contributed by atoms with van der Waals surface area (Å²) in [6, 6.07) is 9.20. The number of rotatable bonds is 3. The van der Waals surface area contributed by atoms with E-state index in [1.807, 2.05) is 0 Å². The van der Waals surface area contributed by atoms with E-state index in [0.29, 0.717) is 0 Å². The van der Waals surface area contributed by atoms with E-state index in [0.717, 1.165) is 18.2 Å². The summed E-state index contributed by atoms with van der Waals surface area (Å²) in [5, 5.41) is 2.53. The number of hydrogen-bond acceptors (Lipinski definition) is 3. The fourth-order valence-corrected chi connectivity index (χ4v) is 2.57. The van der Waals surface area contributed by atoms with Crippen molar-refractivity contribution in [1.29, 1.82) is 0 Å². The minimum atomic E-state index is -4.03. The molecule has 0 aromatic heterocycles. The Hall–Kier alpha value is -1.63. The van der Waals surface area contributed by atoms with Crippen molar-refractivity contribution in [1.82, 2.24) is 0 Å². The predicted octanol–water partition coefficient (Wildman–Crippen LogP) is 3.66. The molecule has 110 valence electrons. The summed E-state index contributed by atoms with van der Waals surface area (Å²) >= 11 is 5.86. The van der Waals surface area contributed by atoms with Gasteiger partial charge in [-0.25, -0.2) is 12.8 Å². The first-order chi connectivity index (χ1) is 9.79. The van der Waals surface area contributed by atoms with E-state index in [-0.39, 0.29) is 16.3 Å². The highest BCUT2D eigenvalue weighted by Gasteiger charge is 2.16. The highest BCUT2D eigenvalue weighted by Crippen LogP contribution is 2.23. The molecule has 0 fully saturated rings. The Morgan fingerprint density at radius 2 is 1.81 bits per heavy atom. The third-order valence-electron chi connectivity index (χ3n) is 2.59. The van der Waals surface area contributed by atoms with Crippen molar-refractivity contribution in [2.45, 2.75) is 4.90 Å². The quantitative estimate of drug-likeness (QED) is 0.861. The number of halogens is 3. The van der Waals surface area contributed by atoms with Crippen LogP contribution in [-0.4, -0.2) is 14.3 Å². The Morgan fingerprint density at radius 1 is 1.14 bits per heavy atom. The second kappa shape index (κ2) is 6.01. The van der Waals surface area contributed by atoms with Crippen molar-refractivity contribution in [3.63, 3.8) is 0 Å². The van der Waals surface area contributed by atoms with Gasteiger partial charge in [-0.1, -0.05) is 23.7 Å². The third kappa shape index (κ3) is 3.72. The lowest BCUT2D eigenvalue weighted by atomic mass is 10.2. The standard InChI is InChI=1S/C13H8Cl2FNO3S/c14-10-4-2-1-3-9(10)13(18)17-12-6-5-8(7-11(12)16)21(15,19)20/h1-7H,(H,17,18). The highest BCUT2D eigenvalue weighted by atomic mass is 35.7. The van der Waals surface area contributed by atoms with E-state index in [1.165, 1.54) is 12.1 Å². The van der Waals surface area contributed by atoms with Gasteiger partial charge in [-0.05, 0) is 30.3 Å². The van der Waals surface area contributed by atoms with Crippen molar-refractivity contribution in [2.24, 2.45) is 0 Å². The lowest BCUT2D eigenvalue weighted by Crippen LogP contribution is -2.13. The van der Waals surface area contributed by atoms with Gasteiger partial charge in [-0.3, -0.25) is 4.79 Å². The molecule has 21 heavy (non-hydrogen) atoms. The predicted molar refractivity (Wildman–Crippen MR) is 78.8 cm³/mol. The molecular formula is C13H8Cl2FNO3S. The maximum Gasteiger partial charge on any atom is 0.261 e. The molecule has 0 bridgehead atoms. The molecule has 0 aliphatic heterocycles. The molecule has 8 heteroatoms. The molecule has 0 radical (unpaired) electrons.